The van der Waals surface area contributed by atoms with Crippen LogP contribution < -0.4 is 5.73 Å². The molecule has 1 fully saturated rings. The van der Waals surface area contributed by atoms with Crippen molar-refractivity contribution in [1.29, 1.82) is 0 Å². The summed E-state index contributed by atoms with van der Waals surface area (Å²) in [4.78, 5) is 14.9. The third kappa shape index (κ3) is 2.62. The molecule has 1 aliphatic heterocycles. The second kappa shape index (κ2) is 4.97. The molecular formula is C12H18N2OS. The summed E-state index contributed by atoms with van der Waals surface area (Å²) in [5.74, 6) is -0.0957. The number of nitrogens with two attached hydrogens (primary N) is 1. The monoisotopic (exact) mass is 238 g/mol. The Kier molecular flexibility index (Phi) is 3.61. The molecule has 2 heterocycles. The SMILES string of the molecule is Cc1ccsc1CN1CCCC(C(N)=O)C1. The van der Waals surface area contributed by atoms with Gasteiger partial charge in [0.15, 0.2) is 0 Å². The zero-order chi connectivity index (χ0) is 11.5. The average molecular weight is 238 g/mol. The van der Waals surface area contributed by atoms with Gasteiger partial charge in [-0.1, -0.05) is 0 Å². The van der Waals surface area contributed by atoms with Gasteiger partial charge in [0.1, 0.15) is 0 Å². The van der Waals surface area contributed by atoms with Crippen LogP contribution in [0.1, 0.15) is 23.3 Å². The fourth-order valence-electron chi connectivity index (χ4n) is 2.20. The molecule has 1 aliphatic rings. The number of thiophene rings is 1. The number of piperidine rings is 1. The molecular weight excluding hydrogens is 220 g/mol. The molecule has 0 radical (unpaired) electrons. The minimum atomic E-state index is -0.146. The van der Waals surface area contributed by atoms with E-state index in [4.69, 9.17) is 5.73 Å². The molecule has 1 atom stereocenters. The Morgan fingerprint density at radius 3 is 3.12 bits per heavy atom. The molecule has 0 aromatic carbocycles. The van der Waals surface area contributed by atoms with E-state index in [1.54, 1.807) is 11.3 Å². The van der Waals surface area contributed by atoms with Gasteiger partial charge < -0.3 is 5.73 Å². The van der Waals surface area contributed by atoms with Gasteiger partial charge in [0, 0.05) is 18.0 Å². The Hall–Kier alpha value is -0.870. The summed E-state index contributed by atoms with van der Waals surface area (Å²) < 4.78 is 0. The highest BCUT2D eigenvalue weighted by molar-refractivity contribution is 7.10. The first-order valence-electron chi connectivity index (χ1n) is 5.71. The van der Waals surface area contributed by atoms with Crippen molar-refractivity contribution in [2.45, 2.75) is 26.3 Å². The first kappa shape index (κ1) is 11.6. The van der Waals surface area contributed by atoms with E-state index in [-0.39, 0.29) is 11.8 Å². The van der Waals surface area contributed by atoms with Gasteiger partial charge in [0.05, 0.1) is 5.92 Å². The van der Waals surface area contributed by atoms with Crippen molar-refractivity contribution in [1.82, 2.24) is 4.90 Å². The molecule has 1 aromatic heterocycles. The van der Waals surface area contributed by atoms with Crippen LogP contribution in [0.3, 0.4) is 0 Å². The van der Waals surface area contributed by atoms with E-state index in [0.717, 1.165) is 32.5 Å². The normalized spacial score (nSPS) is 22.2. The van der Waals surface area contributed by atoms with Crippen LogP contribution in [-0.4, -0.2) is 23.9 Å². The topological polar surface area (TPSA) is 46.3 Å². The molecule has 3 nitrogen and oxygen atoms in total. The van der Waals surface area contributed by atoms with Crippen molar-refractivity contribution >= 4 is 17.2 Å². The Labute approximate surface area is 100 Å². The fourth-order valence-corrected chi connectivity index (χ4v) is 3.15. The van der Waals surface area contributed by atoms with Gasteiger partial charge in [-0.05, 0) is 43.3 Å². The molecule has 0 bridgehead atoms. The van der Waals surface area contributed by atoms with Crippen molar-refractivity contribution < 1.29 is 4.79 Å². The summed E-state index contributed by atoms with van der Waals surface area (Å²) in [6.07, 6.45) is 2.04. The fraction of sp³-hybridized carbons (Fsp3) is 0.583. The van der Waals surface area contributed by atoms with Crippen LogP contribution in [0.15, 0.2) is 11.4 Å². The molecule has 0 spiro atoms. The highest BCUT2D eigenvalue weighted by atomic mass is 32.1. The molecule has 2 N–H and O–H groups in total. The maximum absolute atomic E-state index is 11.2. The van der Waals surface area contributed by atoms with Gasteiger partial charge in [-0.2, -0.15) is 0 Å². The average Bonchev–Trinajstić information content (AvgIpc) is 2.65. The predicted octanol–water partition coefficient (Wildman–Crippen LogP) is 1.75. The van der Waals surface area contributed by atoms with E-state index < -0.39 is 0 Å². The lowest BCUT2D eigenvalue weighted by Gasteiger charge is -2.30. The van der Waals surface area contributed by atoms with Crippen LogP contribution in [0, 0.1) is 12.8 Å². The predicted molar refractivity (Wildman–Crippen MR) is 66.3 cm³/mol. The summed E-state index contributed by atoms with van der Waals surface area (Å²) in [6.45, 7) is 5.02. The molecule has 1 amide bonds. The number of nitrogens with zero attached hydrogens (tertiary/aromatic N) is 1. The summed E-state index contributed by atoms with van der Waals surface area (Å²) >= 11 is 1.79. The Bertz CT molecular complexity index is 375. The number of hydrogen-bond donors (Lipinski definition) is 1. The molecule has 4 heteroatoms. The number of hydrogen-bond acceptors (Lipinski definition) is 3. The zero-order valence-electron chi connectivity index (χ0n) is 9.61. The Morgan fingerprint density at radius 1 is 1.69 bits per heavy atom. The van der Waals surface area contributed by atoms with Crippen molar-refractivity contribution in [3.05, 3.63) is 21.9 Å². The number of amides is 1. The van der Waals surface area contributed by atoms with Crippen molar-refractivity contribution in [2.75, 3.05) is 13.1 Å². The smallest absolute Gasteiger partial charge is 0.221 e. The molecule has 0 aliphatic carbocycles. The third-order valence-electron chi connectivity index (χ3n) is 3.24. The van der Waals surface area contributed by atoms with Crippen molar-refractivity contribution in [3.63, 3.8) is 0 Å². The second-order valence-corrected chi connectivity index (χ2v) is 5.50. The van der Waals surface area contributed by atoms with Crippen LogP contribution in [0.4, 0.5) is 0 Å². The maximum Gasteiger partial charge on any atom is 0.221 e. The molecule has 2 rings (SSSR count). The zero-order valence-corrected chi connectivity index (χ0v) is 10.4. The molecule has 0 saturated carbocycles. The van der Waals surface area contributed by atoms with Gasteiger partial charge in [-0.25, -0.2) is 0 Å². The van der Waals surface area contributed by atoms with Gasteiger partial charge in [-0.15, -0.1) is 11.3 Å². The van der Waals surface area contributed by atoms with E-state index in [9.17, 15) is 4.79 Å². The van der Waals surface area contributed by atoms with Crippen LogP contribution in [0.2, 0.25) is 0 Å². The maximum atomic E-state index is 11.2. The number of rotatable bonds is 3. The minimum absolute atomic E-state index is 0.0500. The highest BCUT2D eigenvalue weighted by Crippen LogP contribution is 2.22. The van der Waals surface area contributed by atoms with E-state index in [1.165, 1.54) is 10.4 Å². The Balaban J connectivity index is 1.95. The summed E-state index contributed by atoms with van der Waals surface area (Å²) in [5.41, 5.74) is 6.72. The van der Waals surface area contributed by atoms with Crippen LogP contribution in [-0.2, 0) is 11.3 Å². The van der Waals surface area contributed by atoms with E-state index in [0.29, 0.717) is 0 Å². The van der Waals surface area contributed by atoms with Gasteiger partial charge in [0.2, 0.25) is 5.91 Å². The number of primary amides is 1. The molecule has 16 heavy (non-hydrogen) atoms. The summed E-state index contributed by atoms with van der Waals surface area (Å²) in [5, 5.41) is 2.13. The third-order valence-corrected chi connectivity index (χ3v) is 4.25. The van der Waals surface area contributed by atoms with Crippen LogP contribution in [0.5, 0.6) is 0 Å². The Morgan fingerprint density at radius 2 is 2.50 bits per heavy atom. The lowest BCUT2D eigenvalue weighted by Crippen LogP contribution is -2.40. The molecule has 1 saturated heterocycles. The first-order valence-corrected chi connectivity index (χ1v) is 6.59. The summed E-state index contributed by atoms with van der Waals surface area (Å²) in [7, 11) is 0. The van der Waals surface area contributed by atoms with E-state index >= 15 is 0 Å². The van der Waals surface area contributed by atoms with E-state index in [2.05, 4.69) is 23.3 Å². The number of carbonyl (C=O) groups excluding carboxylic acids is 1. The van der Waals surface area contributed by atoms with Gasteiger partial charge in [-0.3, -0.25) is 9.69 Å². The quantitative estimate of drug-likeness (QED) is 0.872. The standard InChI is InChI=1S/C12H18N2OS/c1-9-4-6-16-11(9)8-14-5-2-3-10(7-14)12(13)15/h4,6,10H,2-3,5,7-8H2,1H3,(H2,13,15). The van der Waals surface area contributed by atoms with Crippen LogP contribution >= 0.6 is 11.3 Å². The first-order chi connectivity index (χ1) is 7.66. The van der Waals surface area contributed by atoms with Crippen molar-refractivity contribution in [3.8, 4) is 0 Å². The molecule has 1 unspecified atom stereocenters. The largest absolute Gasteiger partial charge is 0.369 e. The number of carbonyl (C=O) groups is 1. The molecule has 88 valence electrons. The van der Waals surface area contributed by atoms with Gasteiger partial charge >= 0.3 is 0 Å². The van der Waals surface area contributed by atoms with E-state index in [1.807, 2.05) is 0 Å². The van der Waals surface area contributed by atoms with Gasteiger partial charge in [0.25, 0.3) is 0 Å². The van der Waals surface area contributed by atoms with Crippen LogP contribution in [0.25, 0.3) is 0 Å². The van der Waals surface area contributed by atoms with Crippen molar-refractivity contribution in [2.24, 2.45) is 11.7 Å². The second-order valence-electron chi connectivity index (χ2n) is 4.50. The molecule has 1 aromatic rings. The summed E-state index contributed by atoms with van der Waals surface area (Å²) in [6, 6.07) is 2.15. The lowest BCUT2D eigenvalue weighted by atomic mass is 9.97. The minimum Gasteiger partial charge on any atom is -0.369 e. The number of aryl methyl sites for hydroxylation is 1. The lowest BCUT2D eigenvalue weighted by molar-refractivity contribution is -0.123. The highest BCUT2D eigenvalue weighted by Gasteiger charge is 2.24. The number of likely N-dealkylation sites (tertiary alicyclic amines) is 1.